The molecule has 2 amide bonds. The maximum absolute atomic E-state index is 13.6. The van der Waals surface area contributed by atoms with Gasteiger partial charge >= 0.3 is 5.97 Å². The summed E-state index contributed by atoms with van der Waals surface area (Å²) < 4.78 is 3.75. The highest BCUT2D eigenvalue weighted by Crippen LogP contribution is 2.27. The molecule has 1 atom stereocenters. The van der Waals surface area contributed by atoms with Gasteiger partial charge in [-0.3, -0.25) is 19.1 Å². The number of hydrogen-bond donors (Lipinski definition) is 3. The van der Waals surface area contributed by atoms with Crippen molar-refractivity contribution in [2.75, 3.05) is 12.4 Å². The fourth-order valence-corrected chi connectivity index (χ4v) is 4.75. The summed E-state index contributed by atoms with van der Waals surface area (Å²) in [5.74, 6) is -1.24. The first-order valence-corrected chi connectivity index (χ1v) is 13.2. The lowest BCUT2D eigenvalue weighted by Crippen LogP contribution is -2.24. The Morgan fingerprint density at radius 1 is 1.10 bits per heavy atom. The molecule has 0 spiro atoms. The summed E-state index contributed by atoms with van der Waals surface area (Å²) in [6.07, 6.45) is 5.77. The quantitative estimate of drug-likeness (QED) is 0.260. The number of carboxylic acid groups (broad SMARTS) is 1. The SMILES string of the molecule is CCc1ccn(Cc2ccc(CCCC(=O)O)c(NC(=O)C(C)n3cc(C)c4ccc(C(=O)NC)cc43)c2)n1. The average Bonchev–Trinajstić information content (AvgIpc) is 3.52. The van der Waals surface area contributed by atoms with Crippen molar-refractivity contribution >= 4 is 34.4 Å². The number of nitrogens with zero attached hydrogens (tertiary/aromatic N) is 3. The summed E-state index contributed by atoms with van der Waals surface area (Å²) in [6, 6.07) is 12.8. The zero-order chi connectivity index (χ0) is 28.1. The molecule has 1 unspecified atom stereocenters. The van der Waals surface area contributed by atoms with Gasteiger partial charge in [-0.2, -0.15) is 5.10 Å². The minimum atomic E-state index is -0.845. The second-order valence-corrected chi connectivity index (χ2v) is 9.79. The van der Waals surface area contributed by atoms with Crippen LogP contribution < -0.4 is 10.6 Å². The zero-order valence-electron chi connectivity index (χ0n) is 22.8. The van der Waals surface area contributed by atoms with E-state index in [4.69, 9.17) is 5.11 Å². The lowest BCUT2D eigenvalue weighted by molar-refractivity contribution is -0.137. The monoisotopic (exact) mass is 529 g/mol. The Hall–Kier alpha value is -4.40. The van der Waals surface area contributed by atoms with Crippen LogP contribution in [-0.2, 0) is 29.0 Å². The van der Waals surface area contributed by atoms with Crippen LogP contribution >= 0.6 is 0 Å². The van der Waals surface area contributed by atoms with Crippen molar-refractivity contribution < 1.29 is 19.5 Å². The van der Waals surface area contributed by atoms with Crippen molar-refractivity contribution in [3.8, 4) is 0 Å². The molecule has 0 saturated carbocycles. The minimum absolute atomic E-state index is 0.0565. The summed E-state index contributed by atoms with van der Waals surface area (Å²) in [6.45, 7) is 6.41. The van der Waals surface area contributed by atoms with E-state index in [2.05, 4.69) is 22.7 Å². The molecule has 9 nitrogen and oxygen atoms in total. The van der Waals surface area contributed by atoms with Gasteiger partial charge in [0, 0.05) is 48.0 Å². The van der Waals surface area contributed by atoms with E-state index < -0.39 is 12.0 Å². The van der Waals surface area contributed by atoms with Gasteiger partial charge in [0.05, 0.1) is 12.2 Å². The number of aromatic nitrogens is 3. The molecule has 204 valence electrons. The van der Waals surface area contributed by atoms with Gasteiger partial charge in [0.25, 0.3) is 5.91 Å². The Labute approximate surface area is 227 Å². The van der Waals surface area contributed by atoms with E-state index in [-0.39, 0.29) is 18.2 Å². The van der Waals surface area contributed by atoms with Gasteiger partial charge in [-0.15, -0.1) is 0 Å². The molecular weight excluding hydrogens is 494 g/mol. The molecule has 2 heterocycles. The first-order chi connectivity index (χ1) is 18.7. The van der Waals surface area contributed by atoms with Gasteiger partial charge < -0.3 is 20.3 Å². The molecule has 9 heteroatoms. The van der Waals surface area contributed by atoms with Crippen molar-refractivity contribution in [1.29, 1.82) is 0 Å². The third-order valence-corrected chi connectivity index (χ3v) is 6.99. The molecule has 0 aliphatic carbocycles. The lowest BCUT2D eigenvalue weighted by Gasteiger charge is -2.18. The molecule has 2 aromatic heterocycles. The number of carbonyl (C=O) groups excluding carboxylic acids is 2. The molecule has 3 N–H and O–H groups in total. The van der Waals surface area contributed by atoms with E-state index in [1.54, 1.807) is 19.2 Å². The highest BCUT2D eigenvalue weighted by Gasteiger charge is 2.20. The van der Waals surface area contributed by atoms with Crippen LogP contribution in [-0.4, -0.2) is 44.3 Å². The Kier molecular flexibility index (Phi) is 8.49. The van der Waals surface area contributed by atoms with E-state index in [0.717, 1.165) is 39.7 Å². The van der Waals surface area contributed by atoms with Gasteiger partial charge in [0.15, 0.2) is 0 Å². The molecule has 4 rings (SSSR count). The number of fused-ring (bicyclic) bond motifs is 1. The van der Waals surface area contributed by atoms with Crippen molar-refractivity contribution in [1.82, 2.24) is 19.7 Å². The van der Waals surface area contributed by atoms with Crippen LogP contribution in [0.4, 0.5) is 5.69 Å². The number of benzene rings is 2. The molecular formula is C30H35N5O4. The largest absolute Gasteiger partial charge is 0.481 e. The molecule has 2 aromatic carbocycles. The highest BCUT2D eigenvalue weighted by molar-refractivity contribution is 6.00. The van der Waals surface area contributed by atoms with E-state index in [1.165, 1.54) is 0 Å². The van der Waals surface area contributed by atoms with Crippen molar-refractivity contribution in [3.63, 3.8) is 0 Å². The maximum atomic E-state index is 13.6. The number of nitrogens with one attached hydrogen (secondary N) is 2. The molecule has 0 radical (unpaired) electrons. The van der Waals surface area contributed by atoms with Crippen LogP contribution in [0.2, 0.25) is 0 Å². The van der Waals surface area contributed by atoms with E-state index in [0.29, 0.717) is 30.6 Å². The van der Waals surface area contributed by atoms with Crippen LogP contribution in [0.15, 0.2) is 54.9 Å². The number of carbonyl (C=O) groups is 3. The standard InChI is InChI=1S/C30H35N5O4/c1-5-24-13-14-34(33-24)18-21-9-10-22(7-6-8-28(36)37)26(15-21)32-29(38)20(3)35-17-19(2)25-12-11-23(16-27(25)35)30(39)31-4/h9-17,20H,5-8,18H2,1-4H3,(H,31,39)(H,32,38)(H,36,37). The topological polar surface area (TPSA) is 118 Å². The predicted octanol–water partition coefficient (Wildman–Crippen LogP) is 4.72. The molecule has 0 fully saturated rings. The summed E-state index contributed by atoms with van der Waals surface area (Å²) >= 11 is 0. The summed E-state index contributed by atoms with van der Waals surface area (Å²) in [5.41, 5.74) is 5.87. The van der Waals surface area contributed by atoms with Gasteiger partial charge in [0.1, 0.15) is 6.04 Å². The molecule has 0 aliphatic heterocycles. The lowest BCUT2D eigenvalue weighted by atomic mass is 10.0. The van der Waals surface area contributed by atoms with Gasteiger partial charge in [-0.25, -0.2) is 0 Å². The van der Waals surface area contributed by atoms with Gasteiger partial charge in [-0.1, -0.05) is 25.1 Å². The third kappa shape index (κ3) is 6.37. The average molecular weight is 530 g/mol. The smallest absolute Gasteiger partial charge is 0.303 e. The predicted molar refractivity (Wildman–Crippen MR) is 151 cm³/mol. The summed E-state index contributed by atoms with van der Waals surface area (Å²) in [7, 11) is 1.59. The first-order valence-electron chi connectivity index (χ1n) is 13.2. The number of aliphatic carboxylic acids is 1. The van der Waals surface area contributed by atoms with Crippen LogP contribution in [0.5, 0.6) is 0 Å². The van der Waals surface area contributed by atoms with Crippen molar-refractivity contribution in [2.45, 2.75) is 59.0 Å². The molecule has 39 heavy (non-hydrogen) atoms. The summed E-state index contributed by atoms with van der Waals surface area (Å²) in [5, 5.41) is 20.4. The first kappa shape index (κ1) is 27.6. The second-order valence-electron chi connectivity index (χ2n) is 9.79. The Morgan fingerprint density at radius 2 is 1.90 bits per heavy atom. The summed E-state index contributed by atoms with van der Waals surface area (Å²) in [4.78, 5) is 36.9. The normalized spacial score (nSPS) is 11.9. The van der Waals surface area contributed by atoms with Crippen molar-refractivity contribution in [3.05, 3.63) is 82.8 Å². The van der Waals surface area contributed by atoms with E-state index in [9.17, 15) is 14.4 Å². The number of amides is 2. The van der Waals surface area contributed by atoms with Crippen LogP contribution in [0.1, 0.15) is 65.5 Å². The number of hydrogen-bond acceptors (Lipinski definition) is 4. The molecule has 4 aromatic rings. The Morgan fingerprint density at radius 3 is 2.59 bits per heavy atom. The number of aryl methyl sites for hydroxylation is 3. The maximum Gasteiger partial charge on any atom is 0.303 e. The fraction of sp³-hybridized carbons (Fsp3) is 0.333. The Bertz CT molecular complexity index is 1520. The van der Waals surface area contributed by atoms with Crippen LogP contribution in [0.3, 0.4) is 0 Å². The molecule has 0 aliphatic rings. The van der Waals surface area contributed by atoms with E-state index in [1.807, 2.05) is 65.8 Å². The number of anilines is 1. The number of carboxylic acids is 1. The molecule has 0 saturated heterocycles. The van der Waals surface area contributed by atoms with Gasteiger partial charge in [0.2, 0.25) is 5.91 Å². The fourth-order valence-electron chi connectivity index (χ4n) is 4.75. The van der Waals surface area contributed by atoms with E-state index >= 15 is 0 Å². The Balaban J connectivity index is 1.62. The second kappa shape index (κ2) is 12.0. The number of rotatable bonds is 11. The highest BCUT2D eigenvalue weighted by atomic mass is 16.4. The van der Waals surface area contributed by atoms with Crippen LogP contribution in [0, 0.1) is 6.92 Å². The van der Waals surface area contributed by atoms with Gasteiger partial charge in [-0.05, 0) is 74.1 Å². The zero-order valence-corrected chi connectivity index (χ0v) is 22.8. The minimum Gasteiger partial charge on any atom is -0.481 e. The van der Waals surface area contributed by atoms with Crippen molar-refractivity contribution in [2.24, 2.45) is 0 Å². The molecule has 0 bridgehead atoms. The third-order valence-electron chi connectivity index (χ3n) is 6.99. The van der Waals surface area contributed by atoms with Crippen LogP contribution in [0.25, 0.3) is 10.9 Å².